The Labute approximate surface area is 302 Å². The van der Waals surface area contributed by atoms with Gasteiger partial charge in [-0.25, -0.2) is 0 Å². The molecule has 2 saturated heterocycles. The predicted molar refractivity (Wildman–Crippen MR) is 188 cm³/mol. The second-order valence-corrected chi connectivity index (χ2v) is 12.8. The first-order valence-electron chi connectivity index (χ1n) is 16.4. The number of nitrogens with zero attached hydrogens (tertiary/aromatic N) is 5. The molecule has 0 aliphatic carbocycles. The lowest BCUT2D eigenvalue weighted by Crippen LogP contribution is -2.43. The van der Waals surface area contributed by atoms with Gasteiger partial charge in [0.05, 0.1) is 74.4 Å². The van der Waals surface area contributed by atoms with Crippen LogP contribution in [0.25, 0.3) is 17.5 Å². The first-order chi connectivity index (χ1) is 25.3. The number of fused-ring (bicyclic) bond motifs is 1. The molecule has 15 nitrogen and oxygen atoms in total. The number of hydrogen-bond acceptors (Lipinski definition) is 13. The minimum Gasteiger partial charge on any atom is -0.493 e. The first-order valence-corrected chi connectivity index (χ1v) is 17.2. The summed E-state index contributed by atoms with van der Waals surface area (Å²) in [6.45, 7) is 3.50. The van der Waals surface area contributed by atoms with E-state index < -0.39 is 11.5 Å². The third-order valence-electron chi connectivity index (χ3n) is 8.83. The zero-order valence-corrected chi connectivity index (χ0v) is 29.4. The molecule has 3 aromatic rings. The molecule has 1 atom stereocenters. The van der Waals surface area contributed by atoms with Crippen LogP contribution in [0.4, 0.5) is 0 Å². The van der Waals surface area contributed by atoms with Crippen molar-refractivity contribution in [3.63, 3.8) is 0 Å². The van der Waals surface area contributed by atoms with E-state index in [4.69, 9.17) is 34.2 Å². The van der Waals surface area contributed by atoms with E-state index in [1.165, 1.54) is 18.8 Å². The molecular formula is C36H36N6O9S. The smallest absolute Gasteiger partial charge is 0.274 e. The Morgan fingerprint density at radius 2 is 1.38 bits per heavy atom. The van der Waals surface area contributed by atoms with Gasteiger partial charge in [-0.15, -0.1) is 11.3 Å². The Balaban J connectivity index is 1.30. The predicted octanol–water partition coefficient (Wildman–Crippen LogP) is 0.354. The number of morpholine rings is 2. The Hall–Kier alpha value is -5.81. The van der Waals surface area contributed by atoms with Crippen molar-refractivity contribution in [3.8, 4) is 35.1 Å². The van der Waals surface area contributed by atoms with Crippen molar-refractivity contribution in [1.82, 2.24) is 14.4 Å². The third-order valence-corrected chi connectivity index (χ3v) is 9.93. The fraction of sp³-hybridized carbons (Fsp3) is 0.361. The van der Waals surface area contributed by atoms with Gasteiger partial charge in [-0.3, -0.25) is 19.0 Å². The molecule has 1 aromatic heterocycles. The van der Waals surface area contributed by atoms with Crippen LogP contribution < -0.4 is 39.4 Å². The van der Waals surface area contributed by atoms with Crippen LogP contribution in [0.3, 0.4) is 0 Å². The number of aromatic nitrogens is 1. The number of amides is 2. The number of methoxy groups -OCH3 is 2. The number of nitrogens with two attached hydrogens (primary N) is 1. The minimum absolute atomic E-state index is 0.0171. The summed E-state index contributed by atoms with van der Waals surface area (Å²) in [6, 6.07) is 14.2. The van der Waals surface area contributed by atoms with Crippen molar-refractivity contribution in [2.45, 2.75) is 5.92 Å². The summed E-state index contributed by atoms with van der Waals surface area (Å²) in [5, 5.41) is 20.7. The average molecular weight is 729 g/mol. The summed E-state index contributed by atoms with van der Waals surface area (Å²) < 4.78 is 35.0. The van der Waals surface area contributed by atoms with Crippen LogP contribution in [-0.2, 0) is 19.1 Å². The second kappa shape index (κ2) is 16.0. The van der Waals surface area contributed by atoms with Gasteiger partial charge in [0.2, 0.25) is 0 Å². The Morgan fingerprint density at radius 3 is 1.92 bits per heavy atom. The average Bonchev–Trinajstić information content (AvgIpc) is 3.51. The van der Waals surface area contributed by atoms with Crippen molar-refractivity contribution in [1.29, 1.82) is 10.5 Å². The number of nitriles is 2. The highest BCUT2D eigenvalue weighted by Gasteiger charge is 2.33. The number of carbonyl (C=O) groups excluding carboxylic acids is 2. The van der Waals surface area contributed by atoms with Crippen LogP contribution in [-0.4, -0.2) is 106 Å². The van der Waals surface area contributed by atoms with E-state index in [9.17, 15) is 24.9 Å². The van der Waals surface area contributed by atoms with Gasteiger partial charge in [0, 0.05) is 26.2 Å². The van der Waals surface area contributed by atoms with E-state index in [-0.39, 0.29) is 56.9 Å². The molecule has 2 N–H and O–H groups in total. The van der Waals surface area contributed by atoms with E-state index in [1.54, 1.807) is 52.3 Å². The van der Waals surface area contributed by atoms with Gasteiger partial charge in [-0.05, 0) is 41.5 Å². The molecule has 3 aliphatic rings. The molecule has 52 heavy (non-hydrogen) atoms. The maximum Gasteiger partial charge on any atom is 0.274 e. The van der Waals surface area contributed by atoms with E-state index in [0.717, 1.165) is 11.3 Å². The van der Waals surface area contributed by atoms with Crippen LogP contribution in [0.2, 0.25) is 0 Å². The summed E-state index contributed by atoms with van der Waals surface area (Å²) in [7, 11) is 2.91. The minimum atomic E-state index is -0.907. The van der Waals surface area contributed by atoms with Gasteiger partial charge in [0.1, 0.15) is 10.5 Å². The zero-order valence-electron chi connectivity index (χ0n) is 28.6. The van der Waals surface area contributed by atoms with Crippen LogP contribution in [0.1, 0.15) is 17.0 Å². The third kappa shape index (κ3) is 7.31. The normalized spacial score (nSPS) is 17.6. The molecule has 2 aromatic carbocycles. The van der Waals surface area contributed by atoms with Crippen LogP contribution in [0.5, 0.6) is 23.0 Å². The van der Waals surface area contributed by atoms with E-state index in [1.807, 2.05) is 0 Å². The van der Waals surface area contributed by atoms with Crippen LogP contribution >= 0.6 is 11.3 Å². The van der Waals surface area contributed by atoms with Crippen molar-refractivity contribution >= 4 is 40.6 Å². The molecule has 0 bridgehead atoms. The Kier molecular flexibility index (Phi) is 11.1. The molecular weight excluding hydrogens is 692 g/mol. The molecule has 0 spiro atoms. The van der Waals surface area contributed by atoms with Gasteiger partial charge < -0.3 is 44.0 Å². The number of hydrogen-bond donors (Lipinski definition) is 1. The Bertz CT molecular complexity index is 2170. The van der Waals surface area contributed by atoms with Gasteiger partial charge in [0.25, 0.3) is 17.4 Å². The van der Waals surface area contributed by atoms with Crippen molar-refractivity contribution < 1.29 is 38.0 Å². The highest BCUT2D eigenvalue weighted by atomic mass is 32.1. The first kappa shape index (κ1) is 36.0. The fourth-order valence-electron chi connectivity index (χ4n) is 6.10. The molecule has 3 aliphatic heterocycles. The number of benzene rings is 2. The largest absolute Gasteiger partial charge is 0.493 e. The lowest BCUT2D eigenvalue weighted by molar-refractivity contribution is -0.138. The quantitative estimate of drug-likeness (QED) is 0.302. The van der Waals surface area contributed by atoms with Crippen LogP contribution in [0.15, 0.2) is 46.8 Å². The van der Waals surface area contributed by atoms with Crippen molar-refractivity contribution in [2.24, 2.45) is 5.73 Å². The summed E-state index contributed by atoms with van der Waals surface area (Å²) in [6.07, 6.45) is 1.63. The van der Waals surface area contributed by atoms with Gasteiger partial charge >= 0.3 is 0 Å². The number of ether oxygens (including phenoxy) is 6. The number of carbonyl (C=O) groups is 2. The molecule has 6 rings (SSSR count). The van der Waals surface area contributed by atoms with Crippen molar-refractivity contribution in [2.75, 3.05) is 80.0 Å². The van der Waals surface area contributed by atoms with Gasteiger partial charge in [-0.2, -0.15) is 10.5 Å². The maximum absolute atomic E-state index is 13.7. The molecule has 0 radical (unpaired) electrons. The molecule has 2 amide bonds. The fourth-order valence-corrected chi connectivity index (χ4v) is 7.23. The number of allylic oxidation sites excluding steroid dienone is 1. The summed E-state index contributed by atoms with van der Waals surface area (Å²) >= 11 is 1.06. The number of rotatable bonds is 10. The monoisotopic (exact) mass is 728 g/mol. The summed E-state index contributed by atoms with van der Waals surface area (Å²) in [4.78, 5) is 42.3. The molecule has 270 valence electrons. The lowest BCUT2D eigenvalue weighted by Gasteiger charge is -2.27. The standard InChI is InChI=1S/C36H36N6O9S/c1-46-28-15-22(3-5-26(28)50-20-31(43)40-7-11-48-12-8-40)16-30-35(45)42-34(39)24(18-37)33(25(19-38)36(42)52-30)23-4-6-27(29(17-23)47-2)51-21-32(44)41-9-13-49-14-10-41/h3-6,15-17,33H,7-14,20-21,39H2,1-2H3/b30-16-. The topological polar surface area (TPSA) is 192 Å². The van der Waals surface area contributed by atoms with Crippen LogP contribution in [0, 0.1) is 22.7 Å². The molecule has 4 heterocycles. The second-order valence-electron chi connectivity index (χ2n) is 11.8. The molecule has 2 fully saturated rings. The van der Waals surface area contributed by atoms with E-state index in [0.29, 0.717) is 81.0 Å². The SMILES string of the molecule is COc1cc(/C=c2\sc3n(c2=O)C(N)=C(C#N)C(c2ccc(OCC(=O)N4CCOCC4)c(OC)c2)C=3C#N)ccc1OCC(=O)N1CCOCC1. The molecule has 0 saturated carbocycles. The number of thiazole rings is 1. The lowest BCUT2D eigenvalue weighted by atomic mass is 9.84. The summed E-state index contributed by atoms with van der Waals surface area (Å²) in [5.74, 6) is -0.0541. The van der Waals surface area contributed by atoms with E-state index in [2.05, 4.69) is 12.1 Å². The zero-order chi connectivity index (χ0) is 36.8. The maximum atomic E-state index is 13.7. The van der Waals surface area contributed by atoms with Gasteiger partial charge in [0.15, 0.2) is 36.2 Å². The highest BCUT2D eigenvalue weighted by molar-refractivity contribution is 7.07. The highest BCUT2D eigenvalue weighted by Crippen LogP contribution is 2.39. The Morgan fingerprint density at radius 1 is 0.846 bits per heavy atom. The van der Waals surface area contributed by atoms with Crippen molar-refractivity contribution in [3.05, 3.63) is 72.6 Å². The summed E-state index contributed by atoms with van der Waals surface area (Å²) in [5.41, 5.74) is 7.25. The molecule has 16 heteroatoms. The molecule has 1 unspecified atom stereocenters. The van der Waals surface area contributed by atoms with E-state index >= 15 is 0 Å². The van der Waals surface area contributed by atoms with Gasteiger partial charge in [-0.1, -0.05) is 12.1 Å².